The van der Waals surface area contributed by atoms with Gasteiger partial charge in [-0.3, -0.25) is 0 Å². The molecule has 0 bridgehead atoms. The molecule has 0 saturated carbocycles. The van der Waals surface area contributed by atoms with E-state index in [4.69, 9.17) is 9.47 Å². The average molecular weight is 497 g/mol. The number of fused-ring (bicyclic) bond motifs is 1. The second kappa shape index (κ2) is 11.2. The van der Waals surface area contributed by atoms with Gasteiger partial charge in [-0.2, -0.15) is 0 Å². The lowest BCUT2D eigenvalue weighted by Crippen LogP contribution is -1.95. The zero-order valence-corrected chi connectivity index (χ0v) is 22.4. The first-order valence-corrected chi connectivity index (χ1v) is 12.8. The topological polar surface area (TPSA) is 18.5 Å². The molecule has 0 saturated heterocycles. The van der Waals surface area contributed by atoms with E-state index in [9.17, 15) is 0 Å². The highest BCUT2D eigenvalue weighted by Gasteiger charge is 2.13. The molecule has 2 heteroatoms. The Morgan fingerprint density at radius 1 is 0.553 bits per heavy atom. The molecule has 2 nitrogen and oxygen atoms in total. The zero-order valence-electron chi connectivity index (χ0n) is 22.4. The summed E-state index contributed by atoms with van der Waals surface area (Å²) in [6.07, 6.45) is 4.34. The number of aryl methyl sites for hydroxylation is 1. The highest BCUT2D eigenvalue weighted by atomic mass is 16.5. The van der Waals surface area contributed by atoms with Crippen LogP contribution in [0.3, 0.4) is 0 Å². The van der Waals surface area contributed by atoms with Crippen LogP contribution in [0.4, 0.5) is 0 Å². The third kappa shape index (κ3) is 5.40. The largest absolute Gasteiger partial charge is 0.496 e. The second-order valence-corrected chi connectivity index (χ2v) is 9.52. The van der Waals surface area contributed by atoms with E-state index in [2.05, 4.69) is 123 Å². The Kier molecular flexibility index (Phi) is 7.42. The molecular formula is C36H32O2. The first-order valence-electron chi connectivity index (χ1n) is 12.8. The normalized spacial score (nSPS) is 12.0. The maximum atomic E-state index is 5.90. The molecule has 0 aliphatic rings. The van der Waals surface area contributed by atoms with Crippen molar-refractivity contribution in [3.8, 4) is 11.5 Å². The molecule has 0 N–H and O–H groups in total. The molecule has 38 heavy (non-hydrogen) atoms. The number of benzene rings is 5. The minimum Gasteiger partial charge on any atom is -0.496 e. The quantitative estimate of drug-likeness (QED) is 0.209. The summed E-state index contributed by atoms with van der Waals surface area (Å²) >= 11 is 0. The molecule has 0 atom stereocenters. The summed E-state index contributed by atoms with van der Waals surface area (Å²) in [6.45, 7) is 4.24. The van der Waals surface area contributed by atoms with Crippen molar-refractivity contribution in [3.05, 3.63) is 143 Å². The highest BCUT2D eigenvalue weighted by molar-refractivity contribution is 5.96. The summed E-state index contributed by atoms with van der Waals surface area (Å²) in [7, 11) is 3.44. The van der Waals surface area contributed by atoms with E-state index < -0.39 is 0 Å². The van der Waals surface area contributed by atoms with Gasteiger partial charge >= 0.3 is 0 Å². The third-order valence-corrected chi connectivity index (χ3v) is 6.87. The maximum absolute atomic E-state index is 5.90. The Morgan fingerprint density at radius 2 is 1.11 bits per heavy atom. The van der Waals surface area contributed by atoms with Gasteiger partial charge in [0.1, 0.15) is 11.5 Å². The van der Waals surface area contributed by atoms with Gasteiger partial charge in [0.15, 0.2) is 0 Å². The number of methoxy groups -OCH3 is 2. The van der Waals surface area contributed by atoms with Gasteiger partial charge in [-0.1, -0.05) is 96.6 Å². The van der Waals surface area contributed by atoms with Crippen molar-refractivity contribution >= 4 is 34.1 Å². The molecular weight excluding hydrogens is 464 g/mol. The lowest BCUT2D eigenvalue weighted by atomic mass is 9.93. The van der Waals surface area contributed by atoms with Crippen LogP contribution in [0.5, 0.6) is 11.5 Å². The number of allylic oxidation sites excluding steroid dienone is 1. The maximum Gasteiger partial charge on any atom is 0.126 e. The fourth-order valence-corrected chi connectivity index (χ4v) is 4.83. The van der Waals surface area contributed by atoms with Crippen molar-refractivity contribution < 1.29 is 9.47 Å². The summed E-state index contributed by atoms with van der Waals surface area (Å²) in [5, 5.41) is 2.46. The molecule has 0 aliphatic heterocycles. The van der Waals surface area contributed by atoms with E-state index in [-0.39, 0.29) is 0 Å². The van der Waals surface area contributed by atoms with Gasteiger partial charge in [-0.25, -0.2) is 0 Å². The SMILES string of the molecule is COc1cc(/C=C(\c2ccccc2)c2ccc3cc(C)ccc3c2)c(OC)cc1/C=C(/C)c1ccccc1. The lowest BCUT2D eigenvalue weighted by molar-refractivity contribution is 0.401. The summed E-state index contributed by atoms with van der Waals surface area (Å²) < 4.78 is 11.8. The predicted octanol–water partition coefficient (Wildman–Crippen LogP) is 9.31. The van der Waals surface area contributed by atoms with Crippen LogP contribution < -0.4 is 9.47 Å². The summed E-state index contributed by atoms with van der Waals surface area (Å²) in [5.74, 6) is 1.59. The summed E-state index contributed by atoms with van der Waals surface area (Å²) in [6, 6.07) is 38.2. The summed E-state index contributed by atoms with van der Waals surface area (Å²) in [5.41, 5.74) is 8.95. The van der Waals surface area contributed by atoms with E-state index in [0.717, 1.165) is 44.9 Å². The van der Waals surface area contributed by atoms with Gasteiger partial charge in [0, 0.05) is 11.1 Å². The van der Waals surface area contributed by atoms with Gasteiger partial charge in [0.2, 0.25) is 0 Å². The molecule has 188 valence electrons. The zero-order chi connectivity index (χ0) is 26.5. The Labute approximate surface area is 225 Å². The number of hydrogen-bond donors (Lipinski definition) is 0. The molecule has 0 aromatic heterocycles. The van der Waals surface area contributed by atoms with Gasteiger partial charge in [-0.05, 0) is 82.8 Å². The monoisotopic (exact) mass is 496 g/mol. The molecule has 0 radical (unpaired) electrons. The molecule has 0 spiro atoms. The fraction of sp³-hybridized carbons (Fsp3) is 0.111. The summed E-state index contributed by atoms with van der Waals surface area (Å²) in [4.78, 5) is 0. The van der Waals surface area contributed by atoms with Crippen LogP contribution >= 0.6 is 0 Å². The van der Waals surface area contributed by atoms with Crippen LogP contribution in [-0.2, 0) is 0 Å². The molecule has 0 fully saturated rings. The standard InChI is InChI=1S/C36H32O2/c1-25-15-16-30-21-31(18-17-29(30)19-25)34(28-13-9-6-10-14-28)22-33-24-35(37-3)32(23-36(33)38-4)20-26(2)27-11-7-5-8-12-27/h5-24H,1-4H3/b26-20-,34-22+. The predicted molar refractivity (Wildman–Crippen MR) is 162 cm³/mol. The molecule has 5 aromatic carbocycles. The number of ether oxygens (including phenoxy) is 2. The smallest absolute Gasteiger partial charge is 0.126 e. The minimum absolute atomic E-state index is 0.794. The second-order valence-electron chi connectivity index (χ2n) is 9.52. The van der Waals surface area contributed by atoms with Gasteiger partial charge in [-0.15, -0.1) is 0 Å². The van der Waals surface area contributed by atoms with E-state index in [1.807, 2.05) is 12.1 Å². The Morgan fingerprint density at radius 3 is 1.74 bits per heavy atom. The van der Waals surface area contributed by atoms with E-state index in [1.165, 1.54) is 21.9 Å². The minimum atomic E-state index is 0.794. The van der Waals surface area contributed by atoms with Crippen LogP contribution in [0.15, 0.2) is 109 Å². The van der Waals surface area contributed by atoms with E-state index in [0.29, 0.717) is 0 Å². The molecule has 0 amide bonds. The third-order valence-electron chi connectivity index (χ3n) is 6.87. The Hall–Kier alpha value is -4.56. The van der Waals surface area contributed by atoms with E-state index in [1.54, 1.807) is 14.2 Å². The highest BCUT2D eigenvalue weighted by Crippen LogP contribution is 2.36. The van der Waals surface area contributed by atoms with Crippen LogP contribution in [0, 0.1) is 6.92 Å². The van der Waals surface area contributed by atoms with Crippen molar-refractivity contribution in [2.24, 2.45) is 0 Å². The molecule has 5 rings (SSSR count). The van der Waals surface area contributed by atoms with Crippen molar-refractivity contribution in [1.29, 1.82) is 0 Å². The molecule has 0 heterocycles. The van der Waals surface area contributed by atoms with E-state index >= 15 is 0 Å². The lowest BCUT2D eigenvalue weighted by Gasteiger charge is -2.15. The van der Waals surface area contributed by atoms with Crippen molar-refractivity contribution in [2.45, 2.75) is 13.8 Å². The number of hydrogen-bond acceptors (Lipinski definition) is 2. The van der Waals surface area contributed by atoms with Crippen LogP contribution in [-0.4, -0.2) is 14.2 Å². The first-order chi connectivity index (χ1) is 18.6. The average Bonchev–Trinajstić information content (AvgIpc) is 2.96. The number of rotatable bonds is 7. The van der Waals surface area contributed by atoms with Crippen LogP contribution in [0.2, 0.25) is 0 Å². The molecule has 5 aromatic rings. The fourth-order valence-electron chi connectivity index (χ4n) is 4.83. The Balaban J connectivity index is 1.65. The van der Waals surface area contributed by atoms with Gasteiger partial charge < -0.3 is 9.47 Å². The molecule has 0 unspecified atom stereocenters. The van der Waals surface area contributed by atoms with Crippen molar-refractivity contribution in [3.63, 3.8) is 0 Å². The van der Waals surface area contributed by atoms with Crippen molar-refractivity contribution in [2.75, 3.05) is 14.2 Å². The van der Waals surface area contributed by atoms with Gasteiger partial charge in [0.05, 0.1) is 14.2 Å². The van der Waals surface area contributed by atoms with Crippen LogP contribution in [0.25, 0.3) is 34.1 Å². The first kappa shape index (κ1) is 25.1. The van der Waals surface area contributed by atoms with Crippen molar-refractivity contribution in [1.82, 2.24) is 0 Å². The van der Waals surface area contributed by atoms with Gasteiger partial charge in [0.25, 0.3) is 0 Å². The Bertz CT molecular complexity index is 1630. The van der Waals surface area contributed by atoms with Crippen LogP contribution in [0.1, 0.15) is 40.3 Å². The molecule has 0 aliphatic carbocycles.